The summed E-state index contributed by atoms with van der Waals surface area (Å²) in [6.07, 6.45) is -9.13. The third-order valence-corrected chi connectivity index (χ3v) is 4.01. The lowest BCUT2D eigenvalue weighted by molar-refractivity contribution is -0.287. The van der Waals surface area contributed by atoms with Crippen molar-refractivity contribution in [2.45, 2.75) is 31.5 Å². The Kier molecular flexibility index (Phi) is 5.07. The van der Waals surface area contributed by atoms with E-state index in [2.05, 4.69) is 10.1 Å². The van der Waals surface area contributed by atoms with Crippen molar-refractivity contribution in [1.82, 2.24) is 19.2 Å². The maximum atomic E-state index is 13.5. The number of fused-ring (bicyclic) bond motifs is 1. The average Bonchev–Trinajstić information content (AvgIpc) is 3.06. The summed E-state index contributed by atoms with van der Waals surface area (Å²) in [7, 11) is 0. The van der Waals surface area contributed by atoms with Gasteiger partial charge in [-0.05, 0) is 17.7 Å². The molecule has 0 saturated carbocycles. The van der Waals surface area contributed by atoms with E-state index in [9.17, 15) is 44.3 Å². The van der Waals surface area contributed by atoms with Gasteiger partial charge < -0.3 is 0 Å². The molecule has 0 aliphatic heterocycles. The number of hydrogen-bond donors (Lipinski definition) is 0. The average molecular weight is 444 g/mol. The van der Waals surface area contributed by atoms with Gasteiger partial charge in [-0.3, -0.25) is 13.9 Å². The molecule has 3 aromatic heterocycles. The first-order valence-electron chi connectivity index (χ1n) is 7.90. The van der Waals surface area contributed by atoms with Crippen molar-refractivity contribution in [2.24, 2.45) is 0 Å². The van der Waals surface area contributed by atoms with Crippen LogP contribution in [0, 0.1) is 0 Å². The first kappa shape index (κ1) is 21.6. The van der Waals surface area contributed by atoms with E-state index in [1.165, 1.54) is 0 Å². The van der Waals surface area contributed by atoms with E-state index in [-0.39, 0.29) is 10.2 Å². The molecule has 0 aliphatic rings. The highest BCUT2D eigenvalue weighted by molar-refractivity contribution is 5.66. The van der Waals surface area contributed by atoms with Crippen molar-refractivity contribution >= 4 is 5.65 Å². The summed E-state index contributed by atoms with van der Waals surface area (Å²) < 4.78 is 117. The van der Waals surface area contributed by atoms with Gasteiger partial charge >= 0.3 is 18.3 Å². The van der Waals surface area contributed by atoms with Gasteiger partial charge in [-0.15, -0.1) is 0 Å². The van der Waals surface area contributed by atoms with Crippen LogP contribution in [0.5, 0.6) is 0 Å². The first-order chi connectivity index (χ1) is 13.7. The van der Waals surface area contributed by atoms with Crippen molar-refractivity contribution in [2.75, 3.05) is 0 Å². The molecular weight excluding hydrogens is 435 g/mol. The summed E-state index contributed by atoms with van der Waals surface area (Å²) in [6, 6.07) is 2.02. The number of alkyl halides is 9. The van der Waals surface area contributed by atoms with Crippen LogP contribution >= 0.6 is 0 Å². The van der Waals surface area contributed by atoms with E-state index >= 15 is 0 Å². The molecule has 3 rings (SSSR count). The predicted molar refractivity (Wildman–Crippen MR) is 83.5 cm³/mol. The zero-order valence-electron chi connectivity index (χ0n) is 14.4. The second-order valence-electron chi connectivity index (χ2n) is 6.16. The number of pyridine rings is 1. The van der Waals surface area contributed by atoms with Crippen molar-refractivity contribution < 1.29 is 39.5 Å². The molecule has 0 unspecified atom stereocenters. The normalized spacial score (nSPS) is 13.2. The minimum absolute atomic E-state index is 0.0509. The molecule has 14 heteroatoms. The van der Waals surface area contributed by atoms with Crippen LogP contribution in [-0.2, 0) is 19.4 Å². The lowest BCUT2D eigenvalue weighted by Crippen LogP contribution is -2.40. The number of aromatic nitrogens is 4. The van der Waals surface area contributed by atoms with Crippen LogP contribution in [0.4, 0.5) is 39.5 Å². The minimum Gasteiger partial charge on any atom is -0.268 e. The monoisotopic (exact) mass is 444 g/mol. The van der Waals surface area contributed by atoms with Crippen LogP contribution in [0.1, 0.15) is 11.3 Å². The zero-order valence-corrected chi connectivity index (χ0v) is 14.4. The molecule has 0 fully saturated rings. The molecule has 0 N–H and O–H groups in total. The Balaban J connectivity index is 2.18. The van der Waals surface area contributed by atoms with Crippen LogP contribution in [0.15, 0.2) is 35.5 Å². The highest BCUT2D eigenvalue weighted by Crippen LogP contribution is 2.37. The molecule has 0 amide bonds. The third kappa shape index (κ3) is 3.85. The molecule has 5 nitrogen and oxygen atoms in total. The van der Waals surface area contributed by atoms with Gasteiger partial charge in [-0.2, -0.15) is 40.2 Å². The Morgan fingerprint density at radius 1 is 1.03 bits per heavy atom. The molecule has 0 atom stereocenters. The fraction of sp³-hybridized carbons (Fsp3) is 0.312. The number of halogens is 9. The van der Waals surface area contributed by atoms with Gasteiger partial charge in [0.05, 0.1) is 11.8 Å². The van der Waals surface area contributed by atoms with Crippen molar-refractivity contribution in [3.8, 4) is 11.1 Å². The van der Waals surface area contributed by atoms with Crippen LogP contribution < -0.4 is 5.56 Å². The minimum atomic E-state index is -5.91. The second kappa shape index (κ2) is 7.02. The number of rotatable bonds is 4. The Hall–Kier alpha value is -3.06. The van der Waals surface area contributed by atoms with Gasteiger partial charge in [0.15, 0.2) is 5.69 Å². The van der Waals surface area contributed by atoms with E-state index in [0.717, 1.165) is 18.3 Å². The van der Waals surface area contributed by atoms with Gasteiger partial charge in [-0.1, -0.05) is 0 Å². The Morgan fingerprint density at radius 3 is 2.27 bits per heavy atom. The Bertz CT molecular complexity index is 1140. The van der Waals surface area contributed by atoms with Gasteiger partial charge in [0.25, 0.3) is 5.56 Å². The molecular formula is C16H9F9N4O. The number of nitrogens with zero attached hydrogens (tertiary/aromatic N) is 4. The van der Waals surface area contributed by atoms with Crippen LogP contribution in [0.2, 0.25) is 0 Å². The van der Waals surface area contributed by atoms with Gasteiger partial charge in [0.2, 0.25) is 0 Å². The standard InChI is InChI=1S/C16H9F9N4O/c17-4-8-1-2-29-10(3-8)27-12(15(20,21)22)11(13(29)30)9-5-26-28(6-9)7-14(18,19)16(23,24)25/h1-3,5-6H,4,7H2. The number of hydrogen-bond acceptors (Lipinski definition) is 3. The molecule has 0 aromatic carbocycles. The molecule has 3 aromatic rings. The molecule has 30 heavy (non-hydrogen) atoms. The quantitative estimate of drug-likeness (QED) is 0.566. The molecule has 0 radical (unpaired) electrons. The largest absolute Gasteiger partial charge is 0.455 e. The molecule has 162 valence electrons. The summed E-state index contributed by atoms with van der Waals surface area (Å²) in [4.78, 5) is 15.9. The van der Waals surface area contributed by atoms with Gasteiger partial charge in [0, 0.05) is 18.0 Å². The van der Waals surface area contributed by atoms with Crippen molar-refractivity contribution in [1.29, 1.82) is 0 Å². The highest BCUT2D eigenvalue weighted by atomic mass is 19.4. The van der Waals surface area contributed by atoms with E-state index in [4.69, 9.17) is 0 Å². The zero-order chi connectivity index (χ0) is 22.5. The lowest BCUT2D eigenvalue weighted by atomic mass is 10.1. The van der Waals surface area contributed by atoms with Crippen molar-refractivity contribution in [3.05, 3.63) is 52.3 Å². The molecule has 0 spiro atoms. The van der Waals surface area contributed by atoms with E-state index in [1.807, 2.05) is 0 Å². The second-order valence-corrected chi connectivity index (χ2v) is 6.16. The fourth-order valence-electron chi connectivity index (χ4n) is 2.60. The summed E-state index contributed by atoms with van der Waals surface area (Å²) in [5, 5.41) is 3.21. The predicted octanol–water partition coefficient (Wildman–Crippen LogP) is 4.24. The summed E-state index contributed by atoms with van der Waals surface area (Å²) in [5.41, 5.74) is -5.35. The Labute approximate surface area is 160 Å². The first-order valence-corrected chi connectivity index (χ1v) is 7.90. The summed E-state index contributed by atoms with van der Waals surface area (Å²) in [5.74, 6) is -5.21. The SMILES string of the molecule is O=c1c(-c2cnn(CC(F)(F)C(F)(F)F)c2)c(C(F)(F)F)nc2cc(CF)ccn12. The smallest absolute Gasteiger partial charge is 0.268 e. The van der Waals surface area contributed by atoms with Gasteiger partial charge in [0.1, 0.15) is 18.9 Å². The lowest BCUT2D eigenvalue weighted by Gasteiger charge is -2.19. The topological polar surface area (TPSA) is 52.2 Å². The van der Waals surface area contributed by atoms with Gasteiger partial charge in [-0.25, -0.2) is 9.37 Å². The molecule has 0 bridgehead atoms. The summed E-state index contributed by atoms with van der Waals surface area (Å²) in [6.45, 7) is -3.03. The summed E-state index contributed by atoms with van der Waals surface area (Å²) >= 11 is 0. The van der Waals surface area contributed by atoms with Crippen LogP contribution in [-0.4, -0.2) is 31.3 Å². The van der Waals surface area contributed by atoms with Crippen molar-refractivity contribution in [3.63, 3.8) is 0 Å². The van der Waals surface area contributed by atoms with Crippen LogP contribution in [0.25, 0.3) is 16.8 Å². The third-order valence-electron chi connectivity index (χ3n) is 4.01. The molecule has 3 heterocycles. The van der Waals surface area contributed by atoms with E-state index in [0.29, 0.717) is 16.8 Å². The van der Waals surface area contributed by atoms with E-state index in [1.54, 1.807) is 0 Å². The molecule has 0 aliphatic carbocycles. The molecule has 0 saturated heterocycles. The Morgan fingerprint density at radius 2 is 1.70 bits per heavy atom. The maximum absolute atomic E-state index is 13.5. The van der Waals surface area contributed by atoms with E-state index < -0.39 is 59.5 Å². The fourth-order valence-corrected chi connectivity index (χ4v) is 2.60. The maximum Gasteiger partial charge on any atom is 0.455 e. The highest BCUT2D eigenvalue weighted by Gasteiger charge is 2.57. The van der Waals surface area contributed by atoms with Crippen LogP contribution in [0.3, 0.4) is 0 Å².